The quantitative estimate of drug-likeness (QED) is 0.836. The highest BCUT2D eigenvalue weighted by Gasteiger charge is 2.03. The summed E-state index contributed by atoms with van der Waals surface area (Å²) in [7, 11) is 0. The van der Waals surface area contributed by atoms with Gasteiger partial charge in [-0.15, -0.1) is 0 Å². The predicted molar refractivity (Wildman–Crippen MR) is 58.6 cm³/mol. The molecule has 1 aromatic carbocycles. The van der Waals surface area contributed by atoms with E-state index in [-0.39, 0.29) is 5.75 Å². The van der Waals surface area contributed by atoms with Gasteiger partial charge in [-0.2, -0.15) is 0 Å². The Balaban J connectivity index is 3.17. The standard InChI is InChI=1S/C10H12BrNO/c1-7-8(3-2-6-12)10(13)5-4-9(7)11/h2-5,13H,6,12H2,1H3/b3-2+. The van der Waals surface area contributed by atoms with Crippen LogP contribution in [-0.2, 0) is 0 Å². The van der Waals surface area contributed by atoms with Crippen molar-refractivity contribution in [2.24, 2.45) is 5.73 Å². The fraction of sp³-hybridized carbons (Fsp3) is 0.200. The molecule has 1 rings (SSSR count). The summed E-state index contributed by atoms with van der Waals surface area (Å²) in [6.45, 7) is 2.42. The van der Waals surface area contributed by atoms with E-state index in [2.05, 4.69) is 15.9 Å². The molecule has 0 aliphatic heterocycles. The number of nitrogens with two attached hydrogens (primary N) is 1. The Labute approximate surface area is 86.2 Å². The van der Waals surface area contributed by atoms with Crippen LogP contribution in [0.15, 0.2) is 22.7 Å². The Bertz CT molecular complexity index is 334. The Morgan fingerprint density at radius 1 is 1.54 bits per heavy atom. The highest BCUT2D eigenvalue weighted by Crippen LogP contribution is 2.28. The Hall–Kier alpha value is -0.800. The fourth-order valence-electron chi connectivity index (χ4n) is 1.08. The normalized spacial score (nSPS) is 11.0. The van der Waals surface area contributed by atoms with E-state index in [0.717, 1.165) is 15.6 Å². The smallest absolute Gasteiger partial charge is 0.123 e. The molecule has 3 heteroatoms. The van der Waals surface area contributed by atoms with Gasteiger partial charge in [-0.3, -0.25) is 0 Å². The van der Waals surface area contributed by atoms with Gasteiger partial charge in [-0.25, -0.2) is 0 Å². The lowest BCUT2D eigenvalue weighted by Gasteiger charge is -2.05. The number of phenols is 1. The van der Waals surface area contributed by atoms with Crippen LogP contribution in [0.1, 0.15) is 11.1 Å². The number of rotatable bonds is 2. The van der Waals surface area contributed by atoms with Crippen molar-refractivity contribution in [2.75, 3.05) is 6.54 Å². The first-order chi connectivity index (χ1) is 6.16. The van der Waals surface area contributed by atoms with Crippen molar-refractivity contribution in [1.29, 1.82) is 0 Å². The molecule has 0 fully saturated rings. The van der Waals surface area contributed by atoms with E-state index in [9.17, 15) is 5.11 Å². The Morgan fingerprint density at radius 2 is 2.23 bits per heavy atom. The number of aromatic hydroxyl groups is 1. The summed E-state index contributed by atoms with van der Waals surface area (Å²) >= 11 is 3.40. The number of hydrogen-bond donors (Lipinski definition) is 2. The molecule has 0 aliphatic carbocycles. The lowest BCUT2D eigenvalue weighted by Crippen LogP contribution is -1.92. The minimum absolute atomic E-state index is 0.283. The zero-order chi connectivity index (χ0) is 9.84. The van der Waals surface area contributed by atoms with Gasteiger partial charge in [0.25, 0.3) is 0 Å². The van der Waals surface area contributed by atoms with Crippen molar-refractivity contribution < 1.29 is 5.11 Å². The second-order valence-electron chi connectivity index (χ2n) is 2.74. The van der Waals surface area contributed by atoms with Gasteiger partial charge in [0.15, 0.2) is 0 Å². The lowest BCUT2D eigenvalue weighted by atomic mass is 10.1. The van der Waals surface area contributed by atoms with Crippen LogP contribution < -0.4 is 5.73 Å². The maximum absolute atomic E-state index is 9.53. The van der Waals surface area contributed by atoms with Gasteiger partial charge >= 0.3 is 0 Å². The van der Waals surface area contributed by atoms with E-state index in [1.807, 2.05) is 25.1 Å². The third-order valence-corrected chi connectivity index (χ3v) is 2.71. The van der Waals surface area contributed by atoms with Crippen LogP contribution in [-0.4, -0.2) is 11.7 Å². The summed E-state index contributed by atoms with van der Waals surface area (Å²) in [5, 5.41) is 9.53. The van der Waals surface area contributed by atoms with Crippen LogP contribution in [0.5, 0.6) is 5.75 Å². The summed E-state index contributed by atoms with van der Waals surface area (Å²) in [6.07, 6.45) is 3.64. The first kappa shape index (κ1) is 10.3. The third-order valence-electron chi connectivity index (χ3n) is 1.85. The zero-order valence-corrected chi connectivity index (χ0v) is 9.01. The molecule has 0 aliphatic rings. The summed E-state index contributed by atoms with van der Waals surface area (Å²) in [5.41, 5.74) is 7.17. The van der Waals surface area contributed by atoms with E-state index in [0.29, 0.717) is 6.54 Å². The van der Waals surface area contributed by atoms with Crippen LogP contribution >= 0.6 is 15.9 Å². The molecule has 0 radical (unpaired) electrons. The molecule has 0 unspecified atom stereocenters. The van der Waals surface area contributed by atoms with Gasteiger partial charge < -0.3 is 10.8 Å². The minimum Gasteiger partial charge on any atom is -0.507 e. The molecule has 0 atom stereocenters. The Morgan fingerprint density at radius 3 is 2.85 bits per heavy atom. The molecule has 1 aromatic rings. The second-order valence-corrected chi connectivity index (χ2v) is 3.60. The molecule has 13 heavy (non-hydrogen) atoms. The van der Waals surface area contributed by atoms with E-state index in [1.54, 1.807) is 6.07 Å². The van der Waals surface area contributed by atoms with Crippen molar-refractivity contribution in [3.63, 3.8) is 0 Å². The molecular formula is C10H12BrNO. The van der Waals surface area contributed by atoms with Crippen molar-refractivity contribution in [2.45, 2.75) is 6.92 Å². The van der Waals surface area contributed by atoms with Crippen LogP contribution in [0.4, 0.5) is 0 Å². The number of halogens is 1. The van der Waals surface area contributed by atoms with Gasteiger partial charge in [-0.1, -0.05) is 28.1 Å². The lowest BCUT2D eigenvalue weighted by molar-refractivity contribution is 0.473. The summed E-state index contributed by atoms with van der Waals surface area (Å²) in [4.78, 5) is 0. The fourth-order valence-corrected chi connectivity index (χ4v) is 1.43. The predicted octanol–water partition coefficient (Wildman–Crippen LogP) is 2.44. The van der Waals surface area contributed by atoms with Crippen LogP contribution in [0.3, 0.4) is 0 Å². The molecule has 70 valence electrons. The number of hydrogen-bond acceptors (Lipinski definition) is 2. The molecule has 0 heterocycles. The molecular weight excluding hydrogens is 230 g/mol. The van der Waals surface area contributed by atoms with Crippen molar-refractivity contribution in [1.82, 2.24) is 0 Å². The van der Waals surface area contributed by atoms with E-state index >= 15 is 0 Å². The van der Waals surface area contributed by atoms with Crippen LogP contribution in [0.25, 0.3) is 6.08 Å². The maximum atomic E-state index is 9.53. The highest BCUT2D eigenvalue weighted by atomic mass is 79.9. The van der Waals surface area contributed by atoms with Crippen molar-refractivity contribution in [3.8, 4) is 5.75 Å². The maximum Gasteiger partial charge on any atom is 0.123 e. The van der Waals surface area contributed by atoms with Gasteiger partial charge in [0.2, 0.25) is 0 Å². The molecule has 2 nitrogen and oxygen atoms in total. The van der Waals surface area contributed by atoms with Gasteiger partial charge in [-0.05, 0) is 24.6 Å². The van der Waals surface area contributed by atoms with Crippen molar-refractivity contribution in [3.05, 3.63) is 33.8 Å². The summed E-state index contributed by atoms with van der Waals surface area (Å²) in [5.74, 6) is 0.283. The minimum atomic E-state index is 0.283. The molecule has 3 N–H and O–H groups in total. The van der Waals surface area contributed by atoms with E-state index < -0.39 is 0 Å². The molecule has 0 spiro atoms. The molecule has 0 aromatic heterocycles. The van der Waals surface area contributed by atoms with E-state index in [4.69, 9.17) is 5.73 Å². The summed E-state index contributed by atoms with van der Waals surface area (Å²) in [6, 6.07) is 3.48. The van der Waals surface area contributed by atoms with E-state index in [1.165, 1.54) is 0 Å². The second kappa shape index (κ2) is 4.44. The van der Waals surface area contributed by atoms with Gasteiger partial charge in [0, 0.05) is 16.6 Å². The average Bonchev–Trinajstić information content (AvgIpc) is 2.12. The van der Waals surface area contributed by atoms with Crippen LogP contribution in [0.2, 0.25) is 0 Å². The number of benzene rings is 1. The van der Waals surface area contributed by atoms with Crippen LogP contribution in [0, 0.1) is 6.92 Å². The molecule has 0 amide bonds. The topological polar surface area (TPSA) is 46.2 Å². The summed E-state index contributed by atoms with van der Waals surface area (Å²) < 4.78 is 0.988. The third kappa shape index (κ3) is 2.32. The van der Waals surface area contributed by atoms with Gasteiger partial charge in [0.05, 0.1) is 0 Å². The Kier molecular flexibility index (Phi) is 3.51. The largest absolute Gasteiger partial charge is 0.507 e. The molecule has 0 saturated heterocycles. The van der Waals surface area contributed by atoms with Crippen molar-refractivity contribution >= 4 is 22.0 Å². The van der Waals surface area contributed by atoms with Gasteiger partial charge in [0.1, 0.15) is 5.75 Å². The monoisotopic (exact) mass is 241 g/mol. The first-order valence-corrected chi connectivity index (χ1v) is 4.80. The zero-order valence-electron chi connectivity index (χ0n) is 7.42. The average molecular weight is 242 g/mol. The molecule has 0 bridgehead atoms. The number of phenolic OH excluding ortho intramolecular Hbond substituents is 1. The highest BCUT2D eigenvalue weighted by molar-refractivity contribution is 9.10. The SMILES string of the molecule is Cc1c(Br)ccc(O)c1/C=C/CN. The molecule has 0 saturated carbocycles. The first-order valence-electron chi connectivity index (χ1n) is 4.01.